The molecular weight excluding hydrogens is 166 g/mol. The lowest BCUT2D eigenvalue weighted by molar-refractivity contribution is 0.308. The van der Waals surface area contributed by atoms with Crippen molar-refractivity contribution in [1.82, 2.24) is 9.55 Å². The van der Waals surface area contributed by atoms with E-state index in [-0.39, 0.29) is 5.41 Å². The van der Waals surface area contributed by atoms with Gasteiger partial charge in [0.05, 0.1) is 18.6 Å². The maximum atomic E-state index is 8.81. The molecule has 0 atom stereocenters. The number of rotatable bonds is 2. The van der Waals surface area contributed by atoms with Gasteiger partial charge in [0.15, 0.2) is 0 Å². The number of hydrogen-bond acceptors (Lipinski definition) is 3. The lowest BCUT2D eigenvalue weighted by Gasteiger charge is -2.19. The molecule has 0 unspecified atom stereocenters. The van der Waals surface area contributed by atoms with Crippen molar-refractivity contribution in [2.75, 3.05) is 0 Å². The van der Waals surface area contributed by atoms with Crippen molar-refractivity contribution < 1.29 is 5.21 Å². The van der Waals surface area contributed by atoms with Crippen LogP contribution < -0.4 is 0 Å². The molecule has 1 aromatic heterocycles. The highest BCUT2D eigenvalue weighted by Gasteiger charge is 2.19. The Labute approximate surface area is 77.9 Å². The van der Waals surface area contributed by atoms with E-state index in [0.717, 1.165) is 5.71 Å². The van der Waals surface area contributed by atoms with E-state index in [1.165, 1.54) is 0 Å². The number of nitrogens with zero attached hydrogens (tertiary/aromatic N) is 3. The fraction of sp³-hybridized carbons (Fsp3) is 0.556. The molecule has 1 N–H and O–H groups in total. The largest absolute Gasteiger partial charge is 0.411 e. The van der Waals surface area contributed by atoms with E-state index in [0.29, 0.717) is 6.54 Å². The van der Waals surface area contributed by atoms with Crippen molar-refractivity contribution in [1.29, 1.82) is 0 Å². The summed E-state index contributed by atoms with van der Waals surface area (Å²) in [5, 5.41) is 12.1. The molecule has 0 radical (unpaired) electrons. The van der Waals surface area contributed by atoms with Crippen molar-refractivity contribution in [2.24, 2.45) is 10.6 Å². The second kappa shape index (κ2) is 3.60. The van der Waals surface area contributed by atoms with E-state index < -0.39 is 0 Å². The van der Waals surface area contributed by atoms with Crippen LogP contribution in [0.3, 0.4) is 0 Å². The number of hydrogen-bond donors (Lipinski definition) is 1. The van der Waals surface area contributed by atoms with Crippen molar-refractivity contribution >= 4 is 5.71 Å². The molecule has 0 bridgehead atoms. The Bertz CT molecular complexity index is 282. The minimum absolute atomic E-state index is 0.112. The molecule has 1 heterocycles. The summed E-state index contributed by atoms with van der Waals surface area (Å²) in [6, 6.07) is 0. The van der Waals surface area contributed by atoms with Crippen LogP contribution in [0.1, 0.15) is 20.8 Å². The summed E-state index contributed by atoms with van der Waals surface area (Å²) < 4.78 is 1.88. The second-order valence-electron chi connectivity index (χ2n) is 4.03. The zero-order valence-electron chi connectivity index (χ0n) is 8.23. The molecule has 1 aromatic rings. The summed E-state index contributed by atoms with van der Waals surface area (Å²) in [6.45, 7) is 6.62. The highest BCUT2D eigenvalue weighted by molar-refractivity contribution is 5.88. The molecule has 0 saturated heterocycles. The first-order chi connectivity index (χ1) is 6.04. The Morgan fingerprint density at radius 1 is 1.54 bits per heavy atom. The van der Waals surface area contributed by atoms with Crippen molar-refractivity contribution in [2.45, 2.75) is 27.3 Å². The first-order valence-electron chi connectivity index (χ1n) is 4.21. The number of oxime groups is 1. The van der Waals surface area contributed by atoms with E-state index in [9.17, 15) is 0 Å². The monoisotopic (exact) mass is 181 g/mol. The van der Waals surface area contributed by atoms with E-state index in [2.05, 4.69) is 10.1 Å². The van der Waals surface area contributed by atoms with Crippen LogP contribution >= 0.6 is 0 Å². The Morgan fingerprint density at radius 2 is 2.23 bits per heavy atom. The average Bonchev–Trinajstić information content (AvgIpc) is 2.49. The van der Waals surface area contributed by atoms with Crippen molar-refractivity contribution in [3.8, 4) is 0 Å². The van der Waals surface area contributed by atoms with E-state index in [1.807, 2.05) is 31.5 Å². The molecule has 1 rings (SSSR count). The highest BCUT2D eigenvalue weighted by Crippen LogP contribution is 2.16. The van der Waals surface area contributed by atoms with E-state index in [1.54, 1.807) is 12.5 Å². The lowest BCUT2D eigenvalue weighted by atomic mass is 9.90. The van der Waals surface area contributed by atoms with E-state index >= 15 is 0 Å². The highest BCUT2D eigenvalue weighted by atomic mass is 16.4. The van der Waals surface area contributed by atoms with Crippen LogP contribution in [0.4, 0.5) is 0 Å². The number of imidazole rings is 1. The smallest absolute Gasteiger partial charge is 0.0949 e. The summed E-state index contributed by atoms with van der Waals surface area (Å²) in [5.41, 5.74) is 0.629. The fourth-order valence-corrected chi connectivity index (χ4v) is 0.972. The second-order valence-corrected chi connectivity index (χ2v) is 4.03. The maximum Gasteiger partial charge on any atom is 0.0949 e. The predicted molar refractivity (Wildman–Crippen MR) is 50.9 cm³/mol. The van der Waals surface area contributed by atoms with Gasteiger partial charge < -0.3 is 9.77 Å². The average molecular weight is 181 g/mol. The molecule has 13 heavy (non-hydrogen) atoms. The predicted octanol–water partition coefficient (Wildman–Crippen LogP) is 1.76. The maximum absolute atomic E-state index is 8.81. The van der Waals surface area contributed by atoms with Gasteiger partial charge in [0, 0.05) is 17.8 Å². The van der Waals surface area contributed by atoms with Gasteiger partial charge in [-0.05, 0) is 0 Å². The lowest BCUT2D eigenvalue weighted by Crippen LogP contribution is -2.24. The fourth-order valence-electron chi connectivity index (χ4n) is 0.972. The summed E-state index contributed by atoms with van der Waals surface area (Å²) in [4.78, 5) is 3.92. The van der Waals surface area contributed by atoms with Crippen LogP contribution in [0.15, 0.2) is 23.9 Å². The van der Waals surface area contributed by atoms with Crippen molar-refractivity contribution in [3.63, 3.8) is 0 Å². The molecule has 0 aliphatic heterocycles. The number of aromatic nitrogens is 2. The SMILES string of the molecule is CC(C)(C)C(Cn1ccnc1)=NO. The molecule has 0 amide bonds. The Balaban J connectivity index is 2.73. The Morgan fingerprint density at radius 3 is 2.62 bits per heavy atom. The topological polar surface area (TPSA) is 50.4 Å². The zero-order valence-corrected chi connectivity index (χ0v) is 8.23. The minimum Gasteiger partial charge on any atom is -0.411 e. The third-order valence-electron chi connectivity index (χ3n) is 1.88. The molecular formula is C9H15N3O. The van der Waals surface area contributed by atoms with Crippen LogP contribution in [0, 0.1) is 5.41 Å². The standard InChI is InChI=1S/C9H15N3O/c1-9(2,3)8(11-13)6-12-5-4-10-7-12/h4-5,7,13H,6H2,1-3H3. The third kappa shape index (κ3) is 2.57. The molecule has 72 valence electrons. The summed E-state index contributed by atoms with van der Waals surface area (Å²) in [7, 11) is 0. The Hall–Kier alpha value is -1.32. The molecule has 4 nitrogen and oxygen atoms in total. The molecule has 0 spiro atoms. The van der Waals surface area contributed by atoms with Gasteiger partial charge in [0.1, 0.15) is 0 Å². The van der Waals surface area contributed by atoms with Gasteiger partial charge in [0.2, 0.25) is 0 Å². The molecule has 0 aliphatic rings. The van der Waals surface area contributed by atoms with Crippen LogP contribution in [-0.2, 0) is 6.54 Å². The van der Waals surface area contributed by atoms with Crippen LogP contribution in [0.25, 0.3) is 0 Å². The first-order valence-corrected chi connectivity index (χ1v) is 4.21. The molecule has 0 aliphatic carbocycles. The quantitative estimate of drug-likeness (QED) is 0.429. The molecule has 0 fully saturated rings. The van der Waals surface area contributed by atoms with Crippen LogP contribution in [0.2, 0.25) is 0 Å². The molecule has 0 saturated carbocycles. The molecule has 4 heteroatoms. The minimum atomic E-state index is -0.112. The van der Waals surface area contributed by atoms with Gasteiger partial charge in [-0.2, -0.15) is 0 Å². The van der Waals surface area contributed by atoms with Gasteiger partial charge in [0.25, 0.3) is 0 Å². The van der Waals surface area contributed by atoms with Gasteiger partial charge >= 0.3 is 0 Å². The van der Waals surface area contributed by atoms with Crippen molar-refractivity contribution in [3.05, 3.63) is 18.7 Å². The van der Waals surface area contributed by atoms with Gasteiger partial charge in [-0.3, -0.25) is 0 Å². The van der Waals surface area contributed by atoms with E-state index in [4.69, 9.17) is 5.21 Å². The zero-order chi connectivity index (χ0) is 9.90. The van der Waals surface area contributed by atoms with Crippen LogP contribution in [-0.4, -0.2) is 20.5 Å². The van der Waals surface area contributed by atoms with Crippen LogP contribution in [0.5, 0.6) is 0 Å². The molecule has 0 aromatic carbocycles. The first kappa shape index (κ1) is 9.77. The summed E-state index contributed by atoms with van der Waals surface area (Å²) >= 11 is 0. The summed E-state index contributed by atoms with van der Waals surface area (Å²) in [5.74, 6) is 0. The van der Waals surface area contributed by atoms with Gasteiger partial charge in [-0.25, -0.2) is 4.98 Å². The van der Waals surface area contributed by atoms with Gasteiger partial charge in [-0.15, -0.1) is 0 Å². The normalized spacial score (nSPS) is 13.3. The Kier molecular flexibility index (Phi) is 2.70. The van der Waals surface area contributed by atoms with Gasteiger partial charge in [-0.1, -0.05) is 25.9 Å². The third-order valence-corrected chi connectivity index (χ3v) is 1.88. The summed E-state index contributed by atoms with van der Waals surface area (Å²) in [6.07, 6.45) is 5.26.